The molecule has 1 aliphatic heterocycles. The van der Waals surface area contributed by atoms with Gasteiger partial charge >= 0.3 is 5.69 Å². The Morgan fingerprint density at radius 2 is 2.53 bits per heavy atom. The van der Waals surface area contributed by atoms with Gasteiger partial charge in [-0.2, -0.15) is 0 Å². The number of nitro groups is 1. The maximum absolute atomic E-state index is 10.8. The first-order chi connectivity index (χ1) is 8.16. The summed E-state index contributed by atoms with van der Waals surface area (Å²) in [4.78, 5) is 14.3. The third-order valence-electron chi connectivity index (χ3n) is 2.75. The predicted octanol–water partition coefficient (Wildman–Crippen LogP) is 1.66. The van der Waals surface area contributed by atoms with Gasteiger partial charge in [0.1, 0.15) is 0 Å². The van der Waals surface area contributed by atoms with Crippen LogP contribution in [0.1, 0.15) is 6.42 Å². The van der Waals surface area contributed by atoms with E-state index in [4.69, 9.17) is 11.6 Å². The van der Waals surface area contributed by atoms with Crippen LogP contribution in [-0.2, 0) is 0 Å². The van der Waals surface area contributed by atoms with Gasteiger partial charge < -0.3 is 10.6 Å². The molecule has 1 aliphatic rings. The predicted molar refractivity (Wildman–Crippen MR) is 65.4 cm³/mol. The minimum Gasteiger partial charge on any atom is -0.364 e. The van der Waals surface area contributed by atoms with Gasteiger partial charge in [0.25, 0.3) is 0 Å². The number of hydrogen-bond donors (Lipinski definition) is 2. The van der Waals surface area contributed by atoms with E-state index in [0.717, 1.165) is 19.5 Å². The average molecular weight is 257 g/mol. The average Bonchev–Trinajstić information content (AvgIpc) is 2.80. The molecule has 1 aromatic heterocycles. The highest BCUT2D eigenvalue weighted by atomic mass is 35.5. The summed E-state index contributed by atoms with van der Waals surface area (Å²) in [5.74, 6) is 0.776. The monoisotopic (exact) mass is 256 g/mol. The van der Waals surface area contributed by atoms with Crippen molar-refractivity contribution in [2.75, 3.05) is 25.0 Å². The molecule has 1 aromatic rings. The molecule has 2 rings (SSSR count). The number of hydrogen-bond acceptors (Lipinski definition) is 5. The lowest BCUT2D eigenvalue weighted by Gasteiger charge is -2.10. The Bertz CT molecular complexity index is 421. The molecule has 6 nitrogen and oxygen atoms in total. The molecule has 0 aromatic carbocycles. The Morgan fingerprint density at radius 3 is 3.18 bits per heavy atom. The summed E-state index contributed by atoms with van der Waals surface area (Å²) >= 11 is 5.68. The van der Waals surface area contributed by atoms with Crippen molar-refractivity contribution < 1.29 is 4.92 Å². The van der Waals surface area contributed by atoms with Crippen molar-refractivity contribution >= 4 is 23.1 Å². The largest absolute Gasteiger partial charge is 0.364 e. The fourth-order valence-corrected chi connectivity index (χ4v) is 1.99. The van der Waals surface area contributed by atoms with E-state index in [0.29, 0.717) is 12.5 Å². The highest BCUT2D eigenvalue weighted by Crippen LogP contribution is 2.25. The second-order valence-electron chi connectivity index (χ2n) is 4.02. The Balaban J connectivity index is 2.06. The molecule has 0 saturated carbocycles. The first-order valence-corrected chi connectivity index (χ1v) is 5.79. The minimum atomic E-state index is -0.478. The molecule has 1 saturated heterocycles. The number of pyridine rings is 1. The van der Waals surface area contributed by atoms with Crippen LogP contribution >= 0.6 is 11.6 Å². The lowest BCUT2D eigenvalue weighted by molar-refractivity contribution is -0.384. The van der Waals surface area contributed by atoms with Crippen molar-refractivity contribution in [3.63, 3.8) is 0 Å². The fourth-order valence-electron chi connectivity index (χ4n) is 1.83. The topological polar surface area (TPSA) is 80.1 Å². The molecule has 1 unspecified atom stereocenters. The Labute approximate surface area is 104 Å². The fraction of sp³-hybridized carbons (Fsp3) is 0.500. The van der Waals surface area contributed by atoms with Crippen molar-refractivity contribution in [3.8, 4) is 0 Å². The van der Waals surface area contributed by atoms with Crippen LogP contribution < -0.4 is 10.6 Å². The van der Waals surface area contributed by atoms with Gasteiger partial charge in [-0.1, -0.05) is 11.6 Å². The lowest BCUT2D eigenvalue weighted by atomic mass is 10.1. The molecule has 0 radical (unpaired) electrons. The maximum atomic E-state index is 10.8. The first-order valence-electron chi connectivity index (χ1n) is 5.41. The molecular weight excluding hydrogens is 244 g/mol. The summed E-state index contributed by atoms with van der Waals surface area (Å²) < 4.78 is 0. The van der Waals surface area contributed by atoms with E-state index in [-0.39, 0.29) is 16.5 Å². The number of nitrogens with zero attached hydrogens (tertiary/aromatic N) is 2. The van der Waals surface area contributed by atoms with Gasteiger partial charge in [-0.25, -0.2) is 4.98 Å². The molecule has 17 heavy (non-hydrogen) atoms. The lowest BCUT2D eigenvalue weighted by Crippen LogP contribution is -2.18. The summed E-state index contributed by atoms with van der Waals surface area (Å²) in [5.41, 5.74) is -0.0801. The quantitative estimate of drug-likeness (QED) is 0.633. The zero-order chi connectivity index (χ0) is 12.3. The number of aromatic nitrogens is 1. The number of halogens is 1. The third-order valence-corrected chi connectivity index (χ3v) is 2.96. The maximum Gasteiger partial charge on any atom is 0.312 e. The second-order valence-corrected chi connectivity index (χ2v) is 4.45. The van der Waals surface area contributed by atoms with Crippen molar-refractivity contribution in [1.82, 2.24) is 10.3 Å². The van der Waals surface area contributed by atoms with Crippen molar-refractivity contribution in [1.29, 1.82) is 0 Å². The van der Waals surface area contributed by atoms with Crippen LogP contribution in [0.4, 0.5) is 11.5 Å². The number of rotatable bonds is 4. The van der Waals surface area contributed by atoms with Crippen molar-refractivity contribution in [2.45, 2.75) is 6.42 Å². The van der Waals surface area contributed by atoms with E-state index < -0.39 is 4.92 Å². The van der Waals surface area contributed by atoms with Crippen LogP contribution in [0.15, 0.2) is 12.3 Å². The SMILES string of the molecule is O=[N+]([O-])c1cc(Cl)cnc1NCC1CCNC1. The van der Waals surface area contributed by atoms with Gasteiger partial charge in [-0.3, -0.25) is 10.1 Å². The Kier molecular flexibility index (Phi) is 3.75. The van der Waals surface area contributed by atoms with Crippen LogP contribution in [0.5, 0.6) is 0 Å². The molecule has 2 heterocycles. The van der Waals surface area contributed by atoms with Gasteiger partial charge in [0, 0.05) is 18.8 Å². The molecule has 1 atom stereocenters. The van der Waals surface area contributed by atoms with Gasteiger partial charge in [0.2, 0.25) is 5.82 Å². The minimum absolute atomic E-state index is 0.0801. The van der Waals surface area contributed by atoms with Gasteiger partial charge in [-0.15, -0.1) is 0 Å². The summed E-state index contributed by atoms with van der Waals surface area (Å²) in [5, 5.41) is 17.3. The van der Waals surface area contributed by atoms with E-state index >= 15 is 0 Å². The molecule has 0 spiro atoms. The third kappa shape index (κ3) is 3.04. The van der Waals surface area contributed by atoms with Crippen LogP contribution in [0.25, 0.3) is 0 Å². The smallest absolute Gasteiger partial charge is 0.312 e. The van der Waals surface area contributed by atoms with Gasteiger partial charge in [0.15, 0.2) is 0 Å². The van der Waals surface area contributed by atoms with Crippen molar-refractivity contribution in [3.05, 3.63) is 27.4 Å². The summed E-state index contributed by atoms with van der Waals surface area (Å²) in [6.45, 7) is 2.62. The Hall–Kier alpha value is -1.40. The highest BCUT2D eigenvalue weighted by molar-refractivity contribution is 6.30. The molecule has 0 aliphatic carbocycles. The van der Waals surface area contributed by atoms with Gasteiger partial charge in [0.05, 0.1) is 9.95 Å². The molecule has 2 N–H and O–H groups in total. The van der Waals surface area contributed by atoms with Crippen LogP contribution in [-0.4, -0.2) is 29.5 Å². The van der Waals surface area contributed by atoms with E-state index in [2.05, 4.69) is 15.6 Å². The van der Waals surface area contributed by atoms with Crippen LogP contribution in [0.3, 0.4) is 0 Å². The standard InChI is InChI=1S/C10H13ClN4O2/c11-8-3-9(15(16)17)10(14-6-8)13-5-7-1-2-12-4-7/h3,6-7,12H,1-2,4-5H2,(H,13,14). The molecule has 7 heteroatoms. The number of nitrogens with one attached hydrogen (secondary N) is 2. The molecule has 1 fully saturated rings. The number of anilines is 1. The summed E-state index contributed by atoms with van der Waals surface area (Å²) in [7, 11) is 0. The second kappa shape index (κ2) is 5.29. The van der Waals surface area contributed by atoms with Crippen molar-refractivity contribution in [2.24, 2.45) is 5.92 Å². The van der Waals surface area contributed by atoms with E-state index in [1.165, 1.54) is 12.3 Å². The zero-order valence-electron chi connectivity index (χ0n) is 9.15. The molecule has 0 bridgehead atoms. The molecule has 92 valence electrons. The van der Waals surface area contributed by atoms with E-state index in [1.54, 1.807) is 0 Å². The highest BCUT2D eigenvalue weighted by Gasteiger charge is 2.19. The summed E-state index contributed by atoms with van der Waals surface area (Å²) in [6.07, 6.45) is 2.48. The molecular formula is C10H13ClN4O2. The van der Waals surface area contributed by atoms with E-state index in [9.17, 15) is 10.1 Å². The molecule has 0 amide bonds. The summed E-state index contributed by atoms with van der Waals surface area (Å²) in [6, 6.07) is 1.31. The zero-order valence-corrected chi connectivity index (χ0v) is 9.91. The normalized spacial score (nSPS) is 19.2. The Morgan fingerprint density at radius 1 is 1.71 bits per heavy atom. The van der Waals surface area contributed by atoms with Crippen LogP contribution in [0.2, 0.25) is 5.02 Å². The first kappa shape index (κ1) is 12.1. The van der Waals surface area contributed by atoms with Crippen LogP contribution in [0, 0.1) is 16.0 Å². The van der Waals surface area contributed by atoms with Gasteiger partial charge in [-0.05, 0) is 25.4 Å². The van der Waals surface area contributed by atoms with E-state index in [1.807, 2.05) is 0 Å².